The lowest BCUT2D eigenvalue weighted by molar-refractivity contribution is -0.113. The van der Waals surface area contributed by atoms with Gasteiger partial charge in [-0.1, -0.05) is 23.9 Å². The van der Waals surface area contributed by atoms with Crippen LogP contribution in [-0.2, 0) is 17.6 Å². The third-order valence-electron chi connectivity index (χ3n) is 5.54. The predicted octanol–water partition coefficient (Wildman–Crippen LogP) is 5.58. The van der Waals surface area contributed by atoms with Crippen LogP contribution in [0, 0.1) is 0 Å². The van der Waals surface area contributed by atoms with Crippen molar-refractivity contribution in [2.75, 3.05) is 17.7 Å². The Morgan fingerprint density at radius 3 is 2.90 bits per heavy atom. The van der Waals surface area contributed by atoms with Crippen LogP contribution in [0.5, 0.6) is 5.75 Å². The average Bonchev–Trinajstić information content (AvgIpc) is 3.54. The van der Waals surface area contributed by atoms with Gasteiger partial charge in [0.25, 0.3) is 0 Å². The van der Waals surface area contributed by atoms with E-state index in [0.717, 1.165) is 28.5 Å². The first-order valence-corrected chi connectivity index (χ1v) is 12.5. The Morgan fingerprint density at radius 1 is 1.23 bits per heavy atom. The van der Waals surface area contributed by atoms with Crippen LogP contribution in [0.2, 0.25) is 0 Å². The molecule has 3 aromatic rings. The minimum Gasteiger partial charge on any atom is -0.492 e. The summed E-state index contributed by atoms with van der Waals surface area (Å²) in [7, 11) is 0. The number of para-hydroxylation sites is 2. The molecule has 2 aliphatic carbocycles. The standard InChI is InChI=1S/C23H25N3O2S2/c1-2-28-17-9-5-4-8-16(17)24-19(27)13-29-22-20-15-7-3-6-10-18(15)30-23(20)26-21(25-22)14-11-12-14/h4-5,8-9,14H,2-3,6-7,10-13H2,1H3,(H,24,27). The Balaban J connectivity index is 1.38. The van der Waals surface area contributed by atoms with Crippen LogP contribution in [0.15, 0.2) is 29.3 Å². The number of nitrogens with one attached hydrogen (secondary N) is 1. The Morgan fingerprint density at radius 2 is 2.07 bits per heavy atom. The van der Waals surface area contributed by atoms with Gasteiger partial charge in [0.15, 0.2) is 0 Å². The molecule has 2 heterocycles. The van der Waals surface area contributed by atoms with Gasteiger partial charge >= 0.3 is 0 Å². The smallest absolute Gasteiger partial charge is 0.234 e. The lowest BCUT2D eigenvalue weighted by atomic mass is 9.97. The number of carbonyl (C=O) groups excluding carboxylic acids is 1. The molecule has 156 valence electrons. The molecule has 5 nitrogen and oxygen atoms in total. The first-order valence-electron chi connectivity index (χ1n) is 10.7. The van der Waals surface area contributed by atoms with E-state index >= 15 is 0 Å². The zero-order chi connectivity index (χ0) is 20.5. The van der Waals surface area contributed by atoms with Crippen molar-refractivity contribution in [2.45, 2.75) is 56.4 Å². The number of thioether (sulfide) groups is 1. The first-order chi connectivity index (χ1) is 14.7. The highest BCUT2D eigenvalue weighted by atomic mass is 32.2. The molecule has 30 heavy (non-hydrogen) atoms. The summed E-state index contributed by atoms with van der Waals surface area (Å²) < 4.78 is 5.62. The molecule has 0 spiro atoms. The SMILES string of the molecule is CCOc1ccccc1NC(=O)CSc1nc(C2CC2)nc2sc3c(c12)CCCC3. The number of hydrogen-bond donors (Lipinski definition) is 1. The number of carbonyl (C=O) groups is 1. The first kappa shape index (κ1) is 19.8. The molecule has 1 fully saturated rings. The van der Waals surface area contributed by atoms with Crippen LogP contribution < -0.4 is 10.1 Å². The van der Waals surface area contributed by atoms with E-state index in [-0.39, 0.29) is 5.91 Å². The lowest BCUT2D eigenvalue weighted by Crippen LogP contribution is -2.15. The van der Waals surface area contributed by atoms with Crippen molar-refractivity contribution in [3.05, 3.63) is 40.5 Å². The maximum Gasteiger partial charge on any atom is 0.234 e. The van der Waals surface area contributed by atoms with Crippen molar-refractivity contribution in [3.8, 4) is 5.75 Å². The van der Waals surface area contributed by atoms with Gasteiger partial charge in [-0.15, -0.1) is 11.3 Å². The maximum atomic E-state index is 12.7. The third-order valence-corrected chi connectivity index (χ3v) is 7.70. The average molecular weight is 440 g/mol. The van der Waals surface area contributed by atoms with Gasteiger partial charge in [-0.25, -0.2) is 9.97 Å². The zero-order valence-electron chi connectivity index (χ0n) is 17.1. The van der Waals surface area contributed by atoms with Gasteiger partial charge in [0.1, 0.15) is 21.4 Å². The van der Waals surface area contributed by atoms with Crippen LogP contribution in [0.4, 0.5) is 5.69 Å². The highest BCUT2D eigenvalue weighted by Gasteiger charge is 2.29. The monoisotopic (exact) mass is 439 g/mol. The molecule has 0 unspecified atom stereocenters. The molecule has 7 heteroatoms. The van der Waals surface area contributed by atoms with E-state index in [4.69, 9.17) is 14.7 Å². The number of aromatic nitrogens is 2. The molecule has 0 radical (unpaired) electrons. The molecule has 0 bridgehead atoms. The van der Waals surface area contributed by atoms with Crippen LogP contribution in [0.3, 0.4) is 0 Å². The molecular formula is C23H25N3O2S2. The number of nitrogens with zero attached hydrogens (tertiary/aromatic N) is 2. The molecule has 0 aliphatic heterocycles. The summed E-state index contributed by atoms with van der Waals surface area (Å²) in [5.74, 6) is 2.44. The van der Waals surface area contributed by atoms with Gasteiger partial charge < -0.3 is 10.1 Å². The van der Waals surface area contributed by atoms with Crippen LogP contribution >= 0.6 is 23.1 Å². The van der Waals surface area contributed by atoms with Crippen molar-refractivity contribution in [3.63, 3.8) is 0 Å². The van der Waals surface area contributed by atoms with Crippen LogP contribution in [-0.4, -0.2) is 28.2 Å². The van der Waals surface area contributed by atoms with Gasteiger partial charge in [0.2, 0.25) is 5.91 Å². The Labute approximate surface area is 184 Å². The largest absolute Gasteiger partial charge is 0.492 e. The lowest BCUT2D eigenvalue weighted by Gasteiger charge is -2.13. The van der Waals surface area contributed by atoms with Crippen molar-refractivity contribution in [1.82, 2.24) is 9.97 Å². The molecule has 2 aromatic heterocycles. The van der Waals surface area contributed by atoms with E-state index in [9.17, 15) is 4.79 Å². The van der Waals surface area contributed by atoms with Gasteiger partial charge in [0.05, 0.1) is 18.0 Å². The molecule has 1 N–H and O–H groups in total. The fourth-order valence-electron chi connectivity index (χ4n) is 3.94. The summed E-state index contributed by atoms with van der Waals surface area (Å²) in [6.07, 6.45) is 7.08. The number of aryl methyl sites for hydroxylation is 2. The Bertz CT molecular complexity index is 1090. The second kappa shape index (κ2) is 8.55. The van der Waals surface area contributed by atoms with Crippen molar-refractivity contribution in [1.29, 1.82) is 0 Å². The van der Waals surface area contributed by atoms with Gasteiger partial charge in [0, 0.05) is 16.2 Å². The highest BCUT2D eigenvalue weighted by molar-refractivity contribution is 8.00. The van der Waals surface area contributed by atoms with Crippen LogP contribution in [0.25, 0.3) is 10.2 Å². The fraction of sp³-hybridized carbons (Fsp3) is 0.435. The van der Waals surface area contributed by atoms with E-state index in [1.807, 2.05) is 42.5 Å². The highest BCUT2D eigenvalue weighted by Crippen LogP contribution is 2.44. The predicted molar refractivity (Wildman–Crippen MR) is 123 cm³/mol. The van der Waals surface area contributed by atoms with E-state index < -0.39 is 0 Å². The molecule has 0 saturated heterocycles. The Kier molecular flexibility index (Phi) is 5.65. The topological polar surface area (TPSA) is 64.1 Å². The maximum absolute atomic E-state index is 12.7. The zero-order valence-corrected chi connectivity index (χ0v) is 18.7. The molecular weight excluding hydrogens is 414 g/mol. The minimum atomic E-state index is -0.0454. The van der Waals surface area contributed by atoms with E-state index in [1.54, 1.807) is 0 Å². The van der Waals surface area contributed by atoms with E-state index in [1.165, 1.54) is 53.3 Å². The Hall–Kier alpha value is -2.12. The fourth-order valence-corrected chi connectivity index (χ4v) is 6.13. The van der Waals surface area contributed by atoms with Gasteiger partial charge in [-0.2, -0.15) is 0 Å². The van der Waals surface area contributed by atoms with Crippen molar-refractivity contribution in [2.24, 2.45) is 0 Å². The minimum absolute atomic E-state index is 0.0454. The molecule has 1 aromatic carbocycles. The molecule has 2 aliphatic rings. The second-order valence-electron chi connectivity index (χ2n) is 7.82. The molecule has 1 amide bonds. The molecule has 5 rings (SSSR count). The number of hydrogen-bond acceptors (Lipinski definition) is 6. The van der Waals surface area contributed by atoms with Crippen molar-refractivity contribution >= 4 is 44.9 Å². The summed E-state index contributed by atoms with van der Waals surface area (Å²) in [6.45, 7) is 2.50. The summed E-state index contributed by atoms with van der Waals surface area (Å²) in [4.78, 5) is 25.1. The number of fused-ring (bicyclic) bond motifs is 3. The number of amides is 1. The van der Waals surface area contributed by atoms with E-state index in [0.29, 0.717) is 29.7 Å². The number of thiophene rings is 1. The van der Waals surface area contributed by atoms with Gasteiger partial charge in [-0.05, 0) is 63.1 Å². The summed E-state index contributed by atoms with van der Waals surface area (Å²) in [6, 6.07) is 7.56. The number of anilines is 1. The molecule has 1 saturated carbocycles. The van der Waals surface area contributed by atoms with E-state index in [2.05, 4.69) is 5.32 Å². The molecule has 0 atom stereocenters. The van der Waals surface area contributed by atoms with Crippen molar-refractivity contribution < 1.29 is 9.53 Å². The number of ether oxygens (including phenoxy) is 1. The quantitative estimate of drug-likeness (QED) is 0.385. The summed E-state index contributed by atoms with van der Waals surface area (Å²) >= 11 is 3.37. The number of rotatable bonds is 7. The summed E-state index contributed by atoms with van der Waals surface area (Å²) in [5, 5.41) is 5.18. The number of benzene rings is 1. The van der Waals surface area contributed by atoms with Crippen LogP contribution in [0.1, 0.15) is 54.8 Å². The second-order valence-corrected chi connectivity index (χ2v) is 9.87. The third kappa shape index (κ3) is 4.05. The normalized spacial score (nSPS) is 15.8. The van der Waals surface area contributed by atoms with Gasteiger partial charge in [-0.3, -0.25) is 4.79 Å². The summed E-state index contributed by atoms with van der Waals surface area (Å²) in [5.41, 5.74) is 2.14.